The summed E-state index contributed by atoms with van der Waals surface area (Å²) in [5, 5.41) is 28.4. The summed E-state index contributed by atoms with van der Waals surface area (Å²) in [7, 11) is 0. The van der Waals surface area contributed by atoms with Gasteiger partial charge >= 0.3 is 11.7 Å². The second-order valence-electron chi connectivity index (χ2n) is 2.69. The Bertz CT molecular complexity index is 412. The number of nitro groups is 1. The molecule has 0 radical (unpaired) electrons. The molecule has 1 aromatic rings. The number of aromatic hydroxyl groups is 1. The van der Waals surface area contributed by atoms with E-state index in [1.165, 1.54) is 13.0 Å². The predicted octanol–water partition coefficient (Wildman–Crippen LogP) is 1.31. The molecule has 14 heavy (non-hydrogen) atoms. The van der Waals surface area contributed by atoms with Gasteiger partial charge in [0.1, 0.15) is 5.56 Å². The number of hydrogen-bond donors (Lipinski definition) is 2. The van der Waals surface area contributed by atoms with Crippen molar-refractivity contribution in [1.82, 2.24) is 0 Å². The van der Waals surface area contributed by atoms with Crippen molar-refractivity contribution in [3.63, 3.8) is 0 Å². The predicted molar refractivity (Wildman–Crippen MR) is 46.5 cm³/mol. The molecule has 0 atom stereocenters. The minimum absolute atomic E-state index is 0.265. The van der Waals surface area contributed by atoms with Crippen LogP contribution in [0.2, 0.25) is 0 Å². The van der Waals surface area contributed by atoms with Gasteiger partial charge in [0.05, 0.1) is 4.92 Å². The Morgan fingerprint density at radius 3 is 2.50 bits per heavy atom. The zero-order chi connectivity index (χ0) is 10.9. The lowest BCUT2D eigenvalue weighted by atomic mass is 10.1. The van der Waals surface area contributed by atoms with Gasteiger partial charge < -0.3 is 10.2 Å². The zero-order valence-corrected chi connectivity index (χ0v) is 7.22. The summed E-state index contributed by atoms with van der Waals surface area (Å²) in [6.45, 7) is 1.45. The third-order valence-corrected chi connectivity index (χ3v) is 1.77. The highest BCUT2D eigenvalue weighted by molar-refractivity contribution is 5.94. The monoisotopic (exact) mass is 197 g/mol. The molecule has 0 bridgehead atoms. The molecule has 74 valence electrons. The highest BCUT2D eigenvalue weighted by Gasteiger charge is 2.25. The number of benzene rings is 1. The van der Waals surface area contributed by atoms with Crippen molar-refractivity contribution in [3.05, 3.63) is 33.4 Å². The number of nitro benzene ring substituents is 1. The quantitative estimate of drug-likeness (QED) is 0.549. The first-order valence-corrected chi connectivity index (χ1v) is 3.65. The van der Waals surface area contributed by atoms with Gasteiger partial charge in [0.15, 0.2) is 5.75 Å². The van der Waals surface area contributed by atoms with E-state index >= 15 is 0 Å². The van der Waals surface area contributed by atoms with Crippen molar-refractivity contribution >= 4 is 11.7 Å². The zero-order valence-electron chi connectivity index (χ0n) is 7.22. The van der Waals surface area contributed by atoms with Crippen LogP contribution in [-0.2, 0) is 0 Å². The van der Waals surface area contributed by atoms with Gasteiger partial charge in [-0.15, -0.1) is 0 Å². The first-order valence-electron chi connectivity index (χ1n) is 3.65. The van der Waals surface area contributed by atoms with E-state index in [0.29, 0.717) is 0 Å². The molecule has 6 nitrogen and oxygen atoms in total. The van der Waals surface area contributed by atoms with E-state index in [4.69, 9.17) is 5.11 Å². The number of aryl methyl sites for hydroxylation is 1. The minimum Gasteiger partial charge on any atom is -0.502 e. The molecular weight excluding hydrogens is 190 g/mol. The maximum absolute atomic E-state index is 10.6. The number of hydrogen-bond acceptors (Lipinski definition) is 4. The van der Waals surface area contributed by atoms with Crippen LogP contribution in [0.3, 0.4) is 0 Å². The van der Waals surface area contributed by atoms with E-state index in [-0.39, 0.29) is 5.56 Å². The molecule has 0 amide bonds. The fourth-order valence-corrected chi connectivity index (χ4v) is 1.04. The highest BCUT2D eigenvalue weighted by Crippen LogP contribution is 2.32. The first kappa shape index (κ1) is 9.97. The fourth-order valence-electron chi connectivity index (χ4n) is 1.04. The second kappa shape index (κ2) is 3.33. The highest BCUT2D eigenvalue weighted by atomic mass is 16.6. The van der Waals surface area contributed by atoms with Crippen LogP contribution in [0.15, 0.2) is 12.1 Å². The fraction of sp³-hybridized carbons (Fsp3) is 0.125. The Morgan fingerprint density at radius 2 is 2.07 bits per heavy atom. The Morgan fingerprint density at radius 1 is 1.50 bits per heavy atom. The van der Waals surface area contributed by atoms with E-state index in [0.717, 1.165) is 6.07 Å². The number of rotatable bonds is 2. The van der Waals surface area contributed by atoms with Crippen LogP contribution in [0.1, 0.15) is 15.9 Å². The number of carboxylic acid groups (broad SMARTS) is 1. The maximum atomic E-state index is 10.6. The molecule has 1 rings (SSSR count). The van der Waals surface area contributed by atoms with Crippen molar-refractivity contribution in [3.8, 4) is 5.75 Å². The molecule has 0 saturated carbocycles. The summed E-state index contributed by atoms with van der Waals surface area (Å²) in [4.78, 5) is 20.1. The Balaban J connectivity index is 3.53. The van der Waals surface area contributed by atoms with Gasteiger partial charge in [0.2, 0.25) is 0 Å². The number of nitrogens with zero attached hydrogens (tertiary/aromatic N) is 1. The van der Waals surface area contributed by atoms with Gasteiger partial charge in [-0.2, -0.15) is 0 Å². The Hall–Kier alpha value is -2.11. The van der Waals surface area contributed by atoms with Crippen molar-refractivity contribution in [2.24, 2.45) is 0 Å². The van der Waals surface area contributed by atoms with E-state index in [1.54, 1.807) is 0 Å². The number of carboxylic acids is 1. The molecule has 0 unspecified atom stereocenters. The average Bonchev–Trinajstić information content (AvgIpc) is 2.08. The second-order valence-corrected chi connectivity index (χ2v) is 2.69. The van der Waals surface area contributed by atoms with Crippen LogP contribution in [0.25, 0.3) is 0 Å². The summed E-state index contributed by atoms with van der Waals surface area (Å²) >= 11 is 0. The molecule has 0 spiro atoms. The number of phenolic OH excluding ortho intramolecular Hbond substituents is 1. The van der Waals surface area contributed by atoms with Crippen molar-refractivity contribution < 1.29 is 19.9 Å². The summed E-state index contributed by atoms with van der Waals surface area (Å²) in [6.07, 6.45) is 0. The lowest BCUT2D eigenvalue weighted by Crippen LogP contribution is -2.03. The van der Waals surface area contributed by atoms with E-state index < -0.39 is 27.9 Å². The van der Waals surface area contributed by atoms with Crippen molar-refractivity contribution in [1.29, 1.82) is 0 Å². The summed E-state index contributed by atoms with van der Waals surface area (Å²) in [6, 6.07) is 2.40. The van der Waals surface area contributed by atoms with Crippen LogP contribution in [0, 0.1) is 17.0 Å². The van der Waals surface area contributed by atoms with Gasteiger partial charge in [-0.1, -0.05) is 6.07 Å². The van der Waals surface area contributed by atoms with Gasteiger partial charge in [-0.05, 0) is 18.6 Å². The van der Waals surface area contributed by atoms with Gasteiger partial charge in [-0.25, -0.2) is 4.79 Å². The lowest BCUT2D eigenvalue weighted by molar-refractivity contribution is -0.386. The summed E-state index contributed by atoms with van der Waals surface area (Å²) in [5.41, 5.74) is -1.02. The molecule has 1 aromatic carbocycles. The smallest absolute Gasteiger partial charge is 0.342 e. The van der Waals surface area contributed by atoms with E-state index in [2.05, 4.69) is 0 Å². The van der Waals surface area contributed by atoms with E-state index in [1.807, 2.05) is 0 Å². The molecule has 2 N–H and O–H groups in total. The van der Waals surface area contributed by atoms with Crippen LogP contribution in [0.5, 0.6) is 5.75 Å². The maximum Gasteiger partial charge on any atom is 0.342 e. The largest absolute Gasteiger partial charge is 0.502 e. The normalized spacial score (nSPS) is 9.79. The first-order chi connectivity index (χ1) is 6.45. The molecule has 0 saturated heterocycles. The molecular formula is C8H7NO5. The van der Waals surface area contributed by atoms with Crippen LogP contribution in [0.4, 0.5) is 5.69 Å². The molecule has 0 aliphatic heterocycles. The van der Waals surface area contributed by atoms with Gasteiger partial charge in [0, 0.05) is 0 Å². The SMILES string of the molecule is Cc1ccc(C(=O)O)c([N+](=O)[O-])c1O. The summed E-state index contributed by atoms with van der Waals surface area (Å²) in [5.74, 6) is -2.04. The standard InChI is InChI=1S/C8H7NO5/c1-4-2-3-5(8(11)12)6(7(4)10)9(13)14/h2-3,10H,1H3,(H,11,12). The number of aromatic carboxylic acids is 1. The van der Waals surface area contributed by atoms with Gasteiger partial charge in [0.25, 0.3) is 0 Å². The Labute approximate surface area is 78.6 Å². The van der Waals surface area contributed by atoms with Gasteiger partial charge in [-0.3, -0.25) is 10.1 Å². The third-order valence-electron chi connectivity index (χ3n) is 1.77. The molecule has 0 heterocycles. The lowest BCUT2D eigenvalue weighted by Gasteiger charge is -2.02. The van der Waals surface area contributed by atoms with Crippen LogP contribution in [-0.4, -0.2) is 21.1 Å². The molecule has 0 fully saturated rings. The third kappa shape index (κ3) is 1.49. The molecule has 6 heteroatoms. The topological polar surface area (TPSA) is 101 Å². The number of phenols is 1. The molecule has 0 aliphatic carbocycles. The molecule has 0 aliphatic rings. The van der Waals surface area contributed by atoms with Crippen LogP contribution >= 0.6 is 0 Å². The van der Waals surface area contributed by atoms with Crippen LogP contribution < -0.4 is 0 Å². The van der Waals surface area contributed by atoms with Crippen molar-refractivity contribution in [2.45, 2.75) is 6.92 Å². The van der Waals surface area contributed by atoms with Crippen molar-refractivity contribution in [2.75, 3.05) is 0 Å². The van der Waals surface area contributed by atoms with E-state index in [9.17, 15) is 20.0 Å². The Kier molecular flexibility index (Phi) is 2.37. The summed E-state index contributed by atoms with van der Waals surface area (Å²) < 4.78 is 0. The minimum atomic E-state index is -1.44. The number of carbonyl (C=O) groups is 1. The molecule has 0 aromatic heterocycles. The average molecular weight is 197 g/mol.